The molecule has 1 amide bonds. The fraction of sp³-hybridized carbons (Fsp3) is 0.105. The summed E-state index contributed by atoms with van der Waals surface area (Å²) in [5.41, 5.74) is 2.37. The molecule has 5 nitrogen and oxygen atoms in total. The molecule has 0 bridgehead atoms. The molecule has 0 aliphatic carbocycles. The van der Waals surface area contributed by atoms with Gasteiger partial charge < -0.3 is 10.6 Å². The number of nitrogens with one attached hydrogen (secondary N) is 2. The van der Waals surface area contributed by atoms with Crippen molar-refractivity contribution in [1.82, 2.24) is 9.97 Å². The van der Waals surface area contributed by atoms with E-state index in [0.29, 0.717) is 28.0 Å². The fourth-order valence-electron chi connectivity index (χ4n) is 2.34. The molecule has 1 aromatic heterocycles. The van der Waals surface area contributed by atoms with Gasteiger partial charge in [0.1, 0.15) is 23.2 Å². The first-order chi connectivity index (χ1) is 12.4. The SMILES string of the molecule is Cc1nc(Nc2ccc(F)cc2)cc(C(=O)Nc2cc(Cl)ccc2C)n1. The topological polar surface area (TPSA) is 66.9 Å². The number of halogens is 2. The lowest BCUT2D eigenvalue weighted by Crippen LogP contribution is -2.16. The first-order valence-electron chi connectivity index (χ1n) is 7.86. The Balaban J connectivity index is 1.83. The Morgan fingerprint density at radius 1 is 1.04 bits per heavy atom. The van der Waals surface area contributed by atoms with Crippen LogP contribution in [0.5, 0.6) is 0 Å². The molecule has 1 heterocycles. The number of carbonyl (C=O) groups excluding carboxylic acids is 1. The number of aromatic nitrogens is 2. The van der Waals surface area contributed by atoms with E-state index in [9.17, 15) is 9.18 Å². The van der Waals surface area contributed by atoms with E-state index in [2.05, 4.69) is 20.6 Å². The van der Waals surface area contributed by atoms with E-state index in [4.69, 9.17) is 11.6 Å². The van der Waals surface area contributed by atoms with Gasteiger partial charge in [-0.25, -0.2) is 14.4 Å². The van der Waals surface area contributed by atoms with E-state index in [1.807, 2.05) is 13.0 Å². The van der Waals surface area contributed by atoms with Crippen LogP contribution in [0.4, 0.5) is 21.6 Å². The minimum atomic E-state index is -0.372. The van der Waals surface area contributed by atoms with Crippen molar-refractivity contribution in [2.75, 3.05) is 10.6 Å². The van der Waals surface area contributed by atoms with Crippen molar-refractivity contribution < 1.29 is 9.18 Å². The minimum Gasteiger partial charge on any atom is -0.340 e. The number of benzene rings is 2. The molecule has 0 atom stereocenters. The van der Waals surface area contributed by atoms with Crippen molar-refractivity contribution in [3.05, 3.63) is 76.5 Å². The Morgan fingerprint density at radius 2 is 1.77 bits per heavy atom. The molecule has 0 saturated carbocycles. The van der Waals surface area contributed by atoms with E-state index in [-0.39, 0.29) is 17.4 Å². The zero-order chi connectivity index (χ0) is 18.7. The van der Waals surface area contributed by atoms with Gasteiger partial charge in [0.25, 0.3) is 5.91 Å². The second-order valence-corrected chi connectivity index (χ2v) is 6.17. The summed E-state index contributed by atoms with van der Waals surface area (Å²) < 4.78 is 13.0. The van der Waals surface area contributed by atoms with Crippen LogP contribution < -0.4 is 10.6 Å². The number of anilines is 3. The molecule has 0 aliphatic rings. The monoisotopic (exact) mass is 370 g/mol. The Kier molecular flexibility index (Phi) is 5.14. The van der Waals surface area contributed by atoms with Gasteiger partial charge in [-0.05, 0) is 55.8 Å². The van der Waals surface area contributed by atoms with Gasteiger partial charge in [0, 0.05) is 22.5 Å². The van der Waals surface area contributed by atoms with Crippen LogP contribution >= 0.6 is 11.6 Å². The lowest BCUT2D eigenvalue weighted by Gasteiger charge is -2.11. The zero-order valence-electron chi connectivity index (χ0n) is 14.2. The molecule has 0 aliphatic heterocycles. The fourth-order valence-corrected chi connectivity index (χ4v) is 2.52. The predicted octanol–water partition coefficient (Wildman–Crippen LogP) is 4.88. The molecule has 0 radical (unpaired) electrons. The summed E-state index contributed by atoms with van der Waals surface area (Å²) in [4.78, 5) is 21.0. The highest BCUT2D eigenvalue weighted by atomic mass is 35.5. The molecule has 3 rings (SSSR count). The number of nitrogens with zero attached hydrogens (tertiary/aromatic N) is 2. The highest BCUT2D eigenvalue weighted by Crippen LogP contribution is 2.21. The van der Waals surface area contributed by atoms with Crippen molar-refractivity contribution in [2.24, 2.45) is 0 Å². The maximum Gasteiger partial charge on any atom is 0.274 e. The molecular weight excluding hydrogens is 355 g/mol. The van der Waals surface area contributed by atoms with Crippen molar-refractivity contribution >= 4 is 34.7 Å². The third kappa shape index (κ3) is 4.34. The van der Waals surface area contributed by atoms with E-state index in [1.165, 1.54) is 18.2 Å². The highest BCUT2D eigenvalue weighted by Gasteiger charge is 2.12. The summed E-state index contributed by atoms with van der Waals surface area (Å²) in [7, 11) is 0. The summed E-state index contributed by atoms with van der Waals surface area (Å²) >= 11 is 5.98. The van der Waals surface area contributed by atoms with Crippen molar-refractivity contribution in [3.8, 4) is 0 Å². The van der Waals surface area contributed by atoms with E-state index < -0.39 is 0 Å². The molecule has 0 fully saturated rings. The highest BCUT2D eigenvalue weighted by molar-refractivity contribution is 6.31. The lowest BCUT2D eigenvalue weighted by molar-refractivity contribution is 0.102. The van der Waals surface area contributed by atoms with Gasteiger partial charge >= 0.3 is 0 Å². The Morgan fingerprint density at radius 3 is 2.50 bits per heavy atom. The van der Waals surface area contributed by atoms with Gasteiger partial charge in [-0.1, -0.05) is 17.7 Å². The predicted molar refractivity (Wildman–Crippen MR) is 101 cm³/mol. The summed E-state index contributed by atoms with van der Waals surface area (Å²) in [6.45, 7) is 3.57. The average Bonchev–Trinajstić information content (AvgIpc) is 2.59. The van der Waals surface area contributed by atoms with Crippen molar-refractivity contribution in [2.45, 2.75) is 13.8 Å². The molecule has 3 aromatic rings. The second kappa shape index (κ2) is 7.49. The average molecular weight is 371 g/mol. The summed E-state index contributed by atoms with van der Waals surface area (Å²) in [5, 5.41) is 6.37. The van der Waals surface area contributed by atoms with Crippen LogP contribution in [-0.2, 0) is 0 Å². The molecule has 2 aromatic carbocycles. The molecule has 26 heavy (non-hydrogen) atoms. The Labute approximate surface area is 155 Å². The maximum atomic E-state index is 13.0. The number of hydrogen-bond acceptors (Lipinski definition) is 4. The molecule has 2 N–H and O–H groups in total. The quantitative estimate of drug-likeness (QED) is 0.686. The smallest absolute Gasteiger partial charge is 0.274 e. The van der Waals surface area contributed by atoms with Gasteiger partial charge in [0.15, 0.2) is 0 Å². The molecule has 0 saturated heterocycles. The van der Waals surface area contributed by atoms with Crippen LogP contribution in [0.3, 0.4) is 0 Å². The van der Waals surface area contributed by atoms with Gasteiger partial charge in [0.05, 0.1) is 0 Å². The van der Waals surface area contributed by atoms with Crippen LogP contribution in [0.15, 0.2) is 48.5 Å². The van der Waals surface area contributed by atoms with Gasteiger partial charge in [-0.2, -0.15) is 0 Å². The maximum absolute atomic E-state index is 13.0. The van der Waals surface area contributed by atoms with Crippen molar-refractivity contribution in [3.63, 3.8) is 0 Å². The number of hydrogen-bond donors (Lipinski definition) is 2. The molecule has 0 unspecified atom stereocenters. The van der Waals surface area contributed by atoms with Crippen LogP contribution in [0, 0.1) is 19.7 Å². The summed E-state index contributed by atoms with van der Waals surface area (Å²) in [5.74, 6) is 0.177. The standard InChI is InChI=1S/C19H16ClFN4O/c1-11-3-4-13(20)9-16(11)25-19(26)17-10-18(23-12(2)22-17)24-15-7-5-14(21)6-8-15/h3-10H,1-2H3,(H,25,26)(H,22,23,24). The van der Waals surface area contributed by atoms with Crippen LogP contribution in [0.2, 0.25) is 5.02 Å². The summed E-state index contributed by atoms with van der Waals surface area (Å²) in [6, 6.07) is 12.6. The second-order valence-electron chi connectivity index (χ2n) is 5.73. The third-order valence-corrected chi connectivity index (χ3v) is 3.87. The van der Waals surface area contributed by atoms with Gasteiger partial charge in [-0.15, -0.1) is 0 Å². The number of amides is 1. The largest absolute Gasteiger partial charge is 0.340 e. The number of rotatable bonds is 4. The van der Waals surface area contributed by atoms with Crippen LogP contribution in [0.1, 0.15) is 21.9 Å². The Bertz CT molecular complexity index is 960. The summed E-state index contributed by atoms with van der Waals surface area (Å²) in [6.07, 6.45) is 0. The van der Waals surface area contributed by atoms with E-state index in [0.717, 1.165) is 5.56 Å². The van der Waals surface area contributed by atoms with Gasteiger partial charge in [0.2, 0.25) is 0 Å². The number of carbonyl (C=O) groups is 1. The molecule has 0 spiro atoms. The molecule has 7 heteroatoms. The minimum absolute atomic E-state index is 0.210. The lowest BCUT2D eigenvalue weighted by atomic mass is 10.2. The van der Waals surface area contributed by atoms with Crippen LogP contribution in [-0.4, -0.2) is 15.9 Å². The zero-order valence-corrected chi connectivity index (χ0v) is 14.9. The number of aryl methyl sites for hydroxylation is 2. The van der Waals surface area contributed by atoms with E-state index >= 15 is 0 Å². The first-order valence-corrected chi connectivity index (χ1v) is 8.24. The first kappa shape index (κ1) is 17.8. The normalized spacial score (nSPS) is 10.5. The van der Waals surface area contributed by atoms with Gasteiger partial charge in [-0.3, -0.25) is 4.79 Å². The van der Waals surface area contributed by atoms with E-state index in [1.54, 1.807) is 31.2 Å². The van der Waals surface area contributed by atoms with Crippen molar-refractivity contribution in [1.29, 1.82) is 0 Å². The van der Waals surface area contributed by atoms with Crippen LogP contribution in [0.25, 0.3) is 0 Å². The molecular formula is C19H16ClFN4O. The third-order valence-electron chi connectivity index (χ3n) is 3.64. The Hall–Kier alpha value is -2.99. The molecule has 132 valence electrons.